The number of fused-ring (bicyclic) bond motifs is 3. The lowest BCUT2D eigenvalue weighted by Gasteiger charge is -2.35. The molecule has 0 bridgehead atoms. The van der Waals surface area contributed by atoms with Gasteiger partial charge in [-0.05, 0) is 61.2 Å². The Morgan fingerprint density at radius 2 is 1.95 bits per heavy atom. The van der Waals surface area contributed by atoms with Crippen molar-refractivity contribution in [3.05, 3.63) is 78.1 Å². The van der Waals surface area contributed by atoms with Gasteiger partial charge < -0.3 is 29.2 Å². The molecule has 10 heteroatoms. The number of anilines is 1. The topological polar surface area (TPSA) is 106 Å². The number of carbonyl (C=O) groups excluding carboxylic acids is 1. The van der Waals surface area contributed by atoms with Crippen molar-refractivity contribution in [2.24, 2.45) is 0 Å². The second-order valence-corrected chi connectivity index (χ2v) is 10.7. The van der Waals surface area contributed by atoms with E-state index in [0.29, 0.717) is 31.0 Å². The minimum Gasteiger partial charge on any atom is -0.497 e. The Bertz CT molecular complexity index is 1710. The summed E-state index contributed by atoms with van der Waals surface area (Å²) in [6.45, 7) is 2.01. The van der Waals surface area contributed by atoms with E-state index >= 15 is 0 Å². The van der Waals surface area contributed by atoms with Crippen LogP contribution in [0, 0.1) is 0 Å². The number of hydrogen-bond acceptors (Lipinski definition) is 7. The maximum atomic E-state index is 13.2. The van der Waals surface area contributed by atoms with E-state index in [-0.39, 0.29) is 12.1 Å². The van der Waals surface area contributed by atoms with E-state index in [0.717, 1.165) is 65.0 Å². The van der Waals surface area contributed by atoms with Crippen LogP contribution in [-0.4, -0.2) is 68.0 Å². The highest BCUT2D eigenvalue weighted by molar-refractivity contribution is 5.98. The second kappa shape index (κ2) is 10.5. The van der Waals surface area contributed by atoms with Crippen molar-refractivity contribution >= 4 is 28.3 Å². The minimum atomic E-state index is -0.453. The molecule has 0 spiro atoms. The van der Waals surface area contributed by atoms with E-state index < -0.39 is 6.10 Å². The zero-order chi connectivity index (χ0) is 27.9. The number of nitrogens with zero attached hydrogens (tertiary/aromatic N) is 5. The Morgan fingerprint density at radius 3 is 2.71 bits per heavy atom. The zero-order valence-electron chi connectivity index (χ0n) is 22.9. The second-order valence-electron chi connectivity index (χ2n) is 10.7. The van der Waals surface area contributed by atoms with E-state index in [2.05, 4.69) is 22.5 Å². The molecule has 5 aromatic rings. The lowest BCUT2D eigenvalue weighted by Crippen LogP contribution is -2.53. The quantitative estimate of drug-likeness (QED) is 0.307. The van der Waals surface area contributed by atoms with Gasteiger partial charge in [0.15, 0.2) is 12.0 Å². The SMILES string of the molecule is COc1ccc(CNc2nc3cc(-c4ccnn4C4CCCCO4)ccc3n3cc(C(=O)N4CC(O)C4)cc23)cc1. The number of benzene rings is 2. The summed E-state index contributed by atoms with van der Waals surface area (Å²) in [6.07, 6.45) is 6.29. The van der Waals surface area contributed by atoms with Gasteiger partial charge in [-0.2, -0.15) is 5.10 Å². The summed E-state index contributed by atoms with van der Waals surface area (Å²) >= 11 is 0. The summed E-state index contributed by atoms with van der Waals surface area (Å²) in [5.74, 6) is 1.38. The molecule has 2 aliphatic rings. The zero-order valence-corrected chi connectivity index (χ0v) is 22.9. The summed E-state index contributed by atoms with van der Waals surface area (Å²) in [7, 11) is 1.65. The van der Waals surface area contributed by atoms with E-state index in [1.807, 2.05) is 63.9 Å². The highest BCUT2D eigenvalue weighted by Gasteiger charge is 2.30. The van der Waals surface area contributed by atoms with Gasteiger partial charge >= 0.3 is 0 Å². The van der Waals surface area contributed by atoms with Gasteiger partial charge in [-0.25, -0.2) is 9.67 Å². The third kappa shape index (κ3) is 4.79. The van der Waals surface area contributed by atoms with Crippen LogP contribution >= 0.6 is 0 Å². The largest absolute Gasteiger partial charge is 0.497 e. The summed E-state index contributed by atoms with van der Waals surface area (Å²) in [6, 6.07) is 17.9. The standard InChI is InChI=1S/C31H32N6O4/c1-40-24-8-5-20(6-9-24)16-32-30-28-15-22(31(39)35-18-23(38)19-35)17-36(28)27-10-7-21(14-25(27)34-30)26-11-12-33-37(26)29-4-2-3-13-41-29/h5-12,14-15,17,23,29,38H,2-4,13,16,18-19H2,1H3,(H,32,34). The molecule has 2 aliphatic heterocycles. The van der Waals surface area contributed by atoms with Crippen LogP contribution in [0.3, 0.4) is 0 Å². The van der Waals surface area contributed by atoms with Crippen LogP contribution in [0.25, 0.3) is 27.8 Å². The molecule has 2 N–H and O–H groups in total. The number of carbonyl (C=O) groups is 1. The van der Waals surface area contributed by atoms with Gasteiger partial charge in [0.05, 0.1) is 41.0 Å². The van der Waals surface area contributed by atoms with E-state index in [4.69, 9.17) is 14.5 Å². The van der Waals surface area contributed by atoms with Gasteiger partial charge in [0, 0.05) is 44.2 Å². The van der Waals surface area contributed by atoms with Gasteiger partial charge in [0.1, 0.15) is 5.75 Å². The summed E-state index contributed by atoms with van der Waals surface area (Å²) in [5, 5.41) is 17.8. The number of aliphatic hydroxyl groups excluding tert-OH is 1. The molecule has 0 radical (unpaired) electrons. The highest BCUT2D eigenvalue weighted by atomic mass is 16.5. The number of likely N-dealkylation sites (tertiary alicyclic amines) is 1. The smallest absolute Gasteiger partial charge is 0.255 e. The fourth-order valence-electron chi connectivity index (χ4n) is 5.67. The lowest BCUT2D eigenvalue weighted by atomic mass is 10.1. The molecule has 2 aromatic carbocycles. The number of aromatic nitrogens is 4. The normalized spacial score (nSPS) is 17.6. The molecule has 3 aromatic heterocycles. The van der Waals surface area contributed by atoms with Crippen LogP contribution in [0.4, 0.5) is 5.82 Å². The molecular formula is C31H32N6O4. The maximum absolute atomic E-state index is 13.2. The molecule has 2 saturated heterocycles. The van der Waals surface area contributed by atoms with Gasteiger partial charge in [-0.1, -0.05) is 18.2 Å². The van der Waals surface area contributed by atoms with Crippen LogP contribution in [0.5, 0.6) is 5.75 Å². The van der Waals surface area contributed by atoms with E-state index in [1.165, 1.54) is 0 Å². The van der Waals surface area contributed by atoms with E-state index in [1.54, 1.807) is 12.0 Å². The minimum absolute atomic E-state index is 0.0698. The van der Waals surface area contributed by atoms with Crippen molar-refractivity contribution in [2.75, 3.05) is 32.1 Å². The summed E-state index contributed by atoms with van der Waals surface area (Å²) in [4.78, 5) is 19.9. The Hall–Kier alpha value is -4.41. The molecule has 0 saturated carbocycles. The number of nitrogens with one attached hydrogen (secondary N) is 1. The lowest BCUT2D eigenvalue weighted by molar-refractivity contribution is -0.0383. The van der Waals surface area contributed by atoms with Crippen LogP contribution in [0.2, 0.25) is 0 Å². The van der Waals surface area contributed by atoms with Crippen LogP contribution in [0.1, 0.15) is 41.4 Å². The first-order valence-electron chi connectivity index (χ1n) is 14.0. The number of ether oxygens (including phenoxy) is 2. The number of hydrogen-bond donors (Lipinski definition) is 2. The molecule has 10 nitrogen and oxygen atoms in total. The van der Waals surface area contributed by atoms with Gasteiger partial charge in [0.25, 0.3) is 5.91 Å². The monoisotopic (exact) mass is 552 g/mol. The molecular weight excluding hydrogens is 520 g/mol. The van der Waals surface area contributed by atoms with E-state index in [9.17, 15) is 9.90 Å². The molecule has 210 valence electrons. The van der Waals surface area contributed by atoms with Crippen molar-refractivity contribution in [3.63, 3.8) is 0 Å². The predicted molar refractivity (Wildman–Crippen MR) is 155 cm³/mol. The molecule has 2 fully saturated rings. The van der Waals surface area contributed by atoms with Crippen molar-refractivity contribution in [1.29, 1.82) is 0 Å². The number of rotatable bonds is 7. The molecule has 41 heavy (non-hydrogen) atoms. The Balaban J connectivity index is 1.29. The fourth-order valence-corrected chi connectivity index (χ4v) is 5.67. The maximum Gasteiger partial charge on any atom is 0.255 e. The van der Waals surface area contributed by atoms with Crippen molar-refractivity contribution in [2.45, 2.75) is 38.1 Å². The third-order valence-electron chi connectivity index (χ3n) is 7.94. The summed E-state index contributed by atoms with van der Waals surface area (Å²) in [5.41, 5.74) is 6.11. The Kier molecular flexibility index (Phi) is 6.56. The number of methoxy groups -OCH3 is 1. The van der Waals surface area contributed by atoms with Crippen LogP contribution in [-0.2, 0) is 11.3 Å². The third-order valence-corrected chi connectivity index (χ3v) is 7.94. The van der Waals surface area contributed by atoms with Gasteiger partial charge in [-0.3, -0.25) is 4.79 Å². The Labute approximate surface area is 237 Å². The molecule has 0 aliphatic carbocycles. The fraction of sp³-hybridized carbons (Fsp3) is 0.323. The van der Waals surface area contributed by atoms with Crippen molar-refractivity contribution in [1.82, 2.24) is 24.1 Å². The molecule has 7 rings (SSSR count). The molecule has 1 amide bonds. The van der Waals surface area contributed by atoms with Crippen LogP contribution in [0.15, 0.2) is 67.0 Å². The Morgan fingerprint density at radius 1 is 1.10 bits per heavy atom. The number of aliphatic hydroxyl groups is 1. The van der Waals surface area contributed by atoms with Gasteiger partial charge in [0.2, 0.25) is 0 Å². The predicted octanol–water partition coefficient (Wildman–Crippen LogP) is 4.49. The molecule has 1 unspecified atom stereocenters. The van der Waals surface area contributed by atoms with Gasteiger partial charge in [-0.15, -0.1) is 0 Å². The van der Waals surface area contributed by atoms with Crippen molar-refractivity contribution in [3.8, 4) is 17.0 Å². The first-order chi connectivity index (χ1) is 20.1. The average Bonchev–Trinajstić information content (AvgIpc) is 3.67. The van der Waals surface area contributed by atoms with Crippen molar-refractivity contribution < 1.29 is 19.4 Å². The molecule has 5 heterocycles. The average molecular weight is 553 g/mol. The highest BCUT2D eigenvalue weighted by Crippen LogP contribution is 2.32. The molecule has 1 atom stereocenters. The number of amides is 1. The summed E-state index contributed by atoms with van der Waals surface area (Å²) < 4.78 is 15.3. The van der Waals surface area contributed by atoms with Crippen LogP contribution < -0.4 is 10.1 Å². The first kappa shape index (κ1) is 25.6. The first-order valence-corrected chi connectivity index (χ1v) is 14.0. The number of β-amino-alcohol motifs (C(OH)–C–C–N with tert-alkyl or cyclic N) is 1.